The molecule has 1 rings (SSSR count). The first kappa shape index (κ1) is 22.6. The number of nitrogen functional groups attached to an aromatic ring is 1. The second kappa shape index (κ2) is 9.39. The number of nitrogens with zero attached hydrogens (tertiary/aromatic N) is 1. The third-order valence-corrected chi connectivity index (χ3v) is 2.02. The molecule has 0 aliphatic rings. The summed E-state index contributed by atoms with van der Waals surface area (Å²) < 4.78 is 6.33. The molecule has 7 heteroatoms. The summed E-state index contributed by atoms with van der Waals surface area (Å²) in [6, 6.07) is 4.71. The molecule has 0 radical (unpaired) electrons. The number of anilines is 1. The number of likely N-dealkylation sites (N-methyl/N-ethyl adjacent to an activating group) is 1. The number of ether oxygens (including phenoxy) is 1. The molecule has 108 valence electrons. The lowest BCUT2D eigenvalue weighted by atomic mass is 10.3. The lowest BCUT2D eigenvalue weighted by molar-refractivity contribution is -0.870. The van der Waals surface area contributed by atoms with Crippen LogP contribution in [-0.2, 0) is 0 Å². The summed E-state index contributed by atoms with van der Waals surface area (Å²) in [7, 11) is 6.28. The van der Waals surface area contributed by atoms with Gasteiger partial charge in [-0.25, -0.2) is 0 Å². The van der Waals surface area contributed by atoms with Gasteiger partial charge in [-0.15, -0.1) is 24.8 Å². The van der Waals surface area contributed by atoms with Crippen LogP contribution in [0.2, 0.25) is 0 Å². The Morgan fingerprint density at radius 2 is 1.78 bits per heavy atom. The SMILES string of the molecule is C[N+](C)(C)CCOc1cc(O)ccc1N.Cl.Cl.[Cl-]. The molecule has 1 aromatic carbocycles. The Hall–Kier alpha value is -0.550. The number of aromatic hydroxyl groups is 1. The van der Waals surface area contributed by atoms with E-state index in [1.165, 1.54) is 6.07 Å². The van der Waals surface area contributed by atoms with Gasteiger partial charge in [0.25, 0.3) is 0 Å². The average molecular weight is 320 g/mol. The molecule has 0 unspecified atom stereocenters. The van der Waals surface area contributed by atoms with Crippen molar-refractivity contribution in [2.75, 3.05) is 40.0 Å². The summed E-state index contributed by atoms with van der Waals surface area (Å²) >= 11 is 0. The summed E-state index contributed by atoms with van der Waals surface area (Å²) in [6.45, 7) is 1.46. The number of phenols is 1. The fourth-order valence-corrected chi connectivity index (χ4v) is 1.08. The van der Waals surface area contributed by atoms with E-state index < -0.39 is 0 Å². The number of nitrogens with two attached hydrogens (primary N) is 1. The van der Waals surface area contributed by atoms with E-state index in [4.69, 9.17) is 10.5 Å². The van der Waals surface area contributed by atoms with E-state index in [2.05, 4.69) is 21.1 Å². The molecule has 0 atom stereocenters. The number of quaternary nitrogens is 1. The predicted molar refractivity (Wildman–Crippen MR) is 75.4 cm³/mol. The van der Waals surface area contributed by atoms with E-state index in [1.807, 2.05) is 0 Å². The summed E-state index contributed by atoms with van der Waals surface area (Å²) in [4.78, 5) is 0. The highest BCUT2D eigenvalue weighted by atomic mass is 35.5. The Balaban J connectivity index is -0.000000750. The Labute approximate surface area is 127 Å². The van der Waals surface area contributed by atoms with Crippen LogP contribution in [0.1, 0.15) is 0 Å². The van der Waals surface area contributed by atoms with Gasteiger partial charge in [-0.2, -0.15) is 0 Å². The number of benzene rings is 1. The molecular weight excluding hydrogens is 298 g/mol. The second-order valence-corrected chi connectivity index (χ2v) is 4.58. The van der Waals surface area contributed by atoms with Crippen LogP contribution in [0.3, 0.4) is 0 Å². The summed E-state index contributed by atoms with van der Waals surface area (Å²) in [5.74, 6) is 0.716. The van der Waals surface area contributed by atoms with E-state index in [-0.39, 0.29) is 43.0 Å². The fraction of sp³-hybridized carbons (Fsp3) is 0.455. The third kappa shape index (κ3) is 8.53. The van der Waals surface area contributed by atoms with Crippen LogP contribution < -0.4 is 22.9 Å². The van der Waals surface area contributed by atoms with E-state index >= 15 is 0 Å². The Bertz CT molecular complexity index is 344. The average Bonchev–Trinajstić information content (AvgIpc) is 2.09. The van der Waals surface area contributed by atoms with Crippen molar-refractivity contribution in [3.8, 4) is 11.5 Å². The monoisotopic (exact) mass is 318 g/mol. The van der Waals surface area contributed by atoms with Crippen LogP contribution >= 0.6 is 24.8 Å². The maximum absolute atomic E-state index is 9.26. The van der Waals surface area contributed by atoms with Gasteiger partial charge >= 0.3 is 0 Å². The van der Waals surface area contributed by atoms with Crippen molar-refractivity contribution in [2.24, 2.45) is 0 Å². The highest BCUT2D eigenvalue weighted by molar-refractivity contribution is 5.85. The Morgan fingerprint density at radius 1 is 1.22 bits per heavy atom. The molecule has 0 amide bonds. The molecule has 0 heterocycles. The van der Waals surface area contributed by atoms with Crippen molar-refractivity contribution < 1.29 is 26.7 Å². The number of rotatable bonds is 4. The Morgan fingerprint density at radius 3 is 2.28 bits per heavy atom. The molecule has 0 spiro atoms. The van der Waals surface area contributed by atoms with Crippen molar-refractivity contribution in [1.29, 1.82) is 0 Å². The molecule has 18 heavy (non-hydrogen) atoms. The maximum Gasteiger partial charge on any atom is 0.146 e. The largest absolute Gasteiger partial charge is 1.00 e. The fourth-order valence-electron chi connectivity index (χ4n) is 1.08. The topological polar surface area (TPSA) is 55.5 Å². The van der Waals surface area contributed by atoms with Crippen molar-refractivity contribution in [3.63, 3.8) is 0 Å². The summed E-state index contributed by atoms with van der Waals surface area (Å²) in [5.41, 5.74) is 6.25. The summed E-state index contributed by atoms with van der Waals surface area (Å²) in [6.07, 6.45) is 0. The number of hydrogen-bond donors (Lipinski definition) is 2. The van der Waals surface area contributed by atoms with Crippen LogP contribution in [0.25, 0.3) is 0 Å². The van der Waals surface area contributed by atoms with Crippen molar-refractivity contribution >= 4 is 30.5 Å². The number of halogens is 3. The van der Waals surface area contributed by atoms with Crippen molar-refractivity contribution in [2.45, 2.75) is 0 Å². The van der Waals surface area contributed by atoms with Gasteiger partial charge in [-0.3, -0.25) is 0 Å². The molecule has 4 nitrogen and oxygen atoms in total. The van der Waals surface area contributed by atoms with Gasteiger partial charge in [-0.05, 0) is 12.1 Å². The lowest BCUT2D eigenvalue weighted by Gasteiger charge is -2.23. The molecule has 0 fully saturated rings. The first-order valence-electron chi connectivity index (χ1n) is 4.90. The molecule has 0 aromatic heterocycles. The first-order chi connectivity index (χ1) is 6.88. The van der Waals surface area contributed by atoms with Gasteiger partial charge < -0.3 is 32.5 Å². The maximum atomic E-state index is 9.26. The number of phenolic OH excluding ortho intramolecular Hbond substituents is 1. The first-order valence-corrected chi connectivity index (χ1v) is 4.90. The van der Waals surface area contributed by atoms with E-state index in [0.29, 0.717) is 18.0 Å². The smallest absolute Gasteiger partial charge is 0.146 e. The van der Waals surface area contributed by atoms with Gasteiger partial charge in [0, 0.05) is 6.07 Å². The van der Waals surface area contributed by atoms with E-state index in [1.54, 1.807) is 12.1 Å². The third-order valence-electron chi connectivity index (χ3n) is 2.02. The molecule has 1 aromatic rings. The highest BCUT2D eigenvalue weighted by Gasteiger charge is 2.08. The lowest BCUT2D eigenvalue weighted by Crippen LogP contribution is -3.00. The zero-order chi connectivity index (χ0) is 11.5. The molecule has 0 saturated heterocycles. The van der Waals surface area contributed by atoms with Crippen molar-refractivity contribution in [3.05, 3.63) is 18.2 Å². The van der Waals surface area contributed by atoms with Crippen molar-refractivity contribution in [1.82, 2.24) is 0 Å². The molecule has 0 aliphatic carbocycles. The minimum Gasteiger partial charge on any atom is -1.00 e. The highest BCUT2D eigenvalue weighted by Crippen LogP contribution is 2.25. The minimum absolute atomic E-state index is 0. The minimum atomic E-state index is 0. The van der Waals surface area contributed by atoms with Gasteiger partial charge in [0.1, 0.15) is 24.7 Å². The van der Waals surface area contributed by atoms with Crippen LogP contribution in [0, 0.1) is 0 Å². The predicted octanol–water partition coefficient (Wildman–Crippen LogP) is -1.09. The van der Waals surface area contributed by atoms with Crippen LogP contribution in [0.5, 0.6) is 11.5 Å². The summed E-state index contributed by atoms with van der Waals surface area (Å²) in [5, 5.41) is 9.26. The van der Waals surface area contributed by atoms with E-state index in [0.717, 1.165) is 11.0 Å². The van der Waals surface area contributed by atoms with E-state index in [9.17, 15) is 5.11 Å². The molecule has 0 bridgehead atoms. The standard InChI is InChI=1S/C11H18N2O2.3ClH/c1-13(2,3)6-7-15-11-8-9(14)4-5-10(11)12;;;/h4-5,8H,6-7,12H2,1-3H3;3*1H. The molecule has 0 aliphatic heterocycles. The zero-order valence-electron chi connectivity index (χ0n) is 10.7. The van der Waals surface area contributed by atoms with Gasteiger partial charge in [0.15, 0.2) is 0 Å². The molecule has 0 saturated carbocycles. The zero-order valence-corrected chi connectivity index (χ0v) is 13.1. The van der Waals surface area contributed by atoms with Gasteiger partial charge in [-0.1, -0.05) is 0 Å². The molecular formula is C11H21Cl3N2O2. The Kier molecular flexibility index (Phi) is 11.8. The van der Waals surface area contributed by atoms with Gasteiger partial charge in [0.05, 0.1) is 26.8 Å². The van der Waals surface area contributed by atoms with Gasteiger partial charge in [0.2, 0.25) is 0 Å². The van der Waals surface area contributed by atoms with Crippen LogP contribution in [-0.4, -0.2) is 43.9 Å². The normalized spacial score (nSPS) is 9.50. The molecule has 3 N–H and O–H groups in total. The number of hydrogen-bond acceptors (Lipinski definition) is 3. The van der Waals surface area contributed by atoms with Crippen LogP contribution in [0.4, 0.5) is 5.69 Å². The van der Waals surface area contributed by atoms with Crippen LogP contribution in [0.15, 0.2) is 18.2 Å². The second-order valence-electron chi connectivity index (χ2n) is 4.58. The quantitative estimate of drug-likeness (QED) is 0.421.